The maximum Gasteiger partial charge on any atom is 0.0893 e. The van der Waals surface area contributed by atoms with Crippen LogP contribution in [0, 0.1) is 0 Å². The molecule has 0 saturated heterocycles. The molecule has 2 heterocycles. The Balaban J connectivity index is 1.86. The molecule has 0 unspecified atom stereocenters. The van der Waals surface area contributed by atoms with Crippen molar-refractivity contribution in [3.8, 4) is 22.6 Å². The summed E-state index contributed by atoms with van der Waals surface area (Å²) >= 11 is 0. The zero-order chi connectivity index (χ0) is 15.2. The number of aryl methyl sites for hydroxylation is 1. The van der Waals surface area contributed by atoms with Crippen LogP contribution < -0.4 is 0 Å². The first kappa shape index (κ1) is 14.5. The van der Waals surface area contributed by atoms with Crippen molar-refractivity contribution in [3.05, 3.63) is 72.4 Å². The first-order chi connectivity index (χ1) is 10.9. The van der Waals surface area contributed by atoms with E-state index in [-0.39, 0.29) is 0 Å². The molecule has 0 aliphatic rings. The number of nitrogens with zero attached hydrogens (tertiary/aromatic N) is 2. The Morgan fingerprint density at radius 3 is 2.27 bits per heavy atom. The summed E-state index contributed by atoms with van der Waals surface area (Å²) in [5.41, 5.74) is 5.35. The van der Waals surface area contributed by atoms with Gasteiger partial charge >= 0.3 is 0 Å². The van der Waals surface area contributed by atoms with Gasteiger partial charge in [-0.1, -0.05) is 49.7 Å². The second kappa shape index (κ2) is 6.99. The van der Waals surface area contributed by atoms with Gasteiger partial charge in [-0.05, 0) is 42.7 Å². The summed E-state index contributed by atoms with van der Waals surface area (Å²) in [4.78, 5) is 9.11. The summed E-state index contributed by atoms with van der Waals surface area (Å²) in [5.74, 6) is 0. The van der Waals surface area contributed by atoms with Crippen LogP contribution in [0.4, 0.5) is 0 Å². The number of benzene rings is 1. The average molecular weight is 288 g/mol. The van der Waals surface area contributed by atoms with Crippen molar-refractivity contribution >= 4 is 0 Å². The van der Waals surface area contributed by atoms with Crippen molar-refractivity contribution in [2.75, 3.05) is 0 Å². The summed E-state index contributed by atoms with van der Waals surface area (Å²) in [6.07, 6.45) is 5.42. The van der Waals surface area contributed by atoms with E-state index in [1.54, 1.807) is 6.20 Å². The Hall–Kier alpha value is -2.48. The maximum atomic E-state index is 4.74. The van der Waals surface area contributed by atoms with Gasteiger partial charge in [0, 0.05) is 11.8 Å². The van der Waals surface area contributed by atoms with Gasteiger partial charge in [0.2, 0.25) is 0 Å². The lowest BCUT2D eigenvalue weighted by Crippen LogP contribution is -1.90. The molecule has 2 nitrogen and oxygen atoms in total. The van der Waals surface area contributed by atoms with Crippen molar-refractivity contribution < 1.29 is 0 Å². The molecule has 0 atom stereocenters. The number of aromatic nitrogens is 2. The molecule has 0 amide bonds. The monoisotopic (exact) mass is 288 g/mol. The Morgan fingerprint density at radius 2 is 1.55 bits per heavy atom. The molecular weight excluding hydrogens is 268 g/mol. The molecule has 2 aromatic heterocycles. The first-order valence-corrected chi connectivity index (χ1v) is 7.84. The van der Waals surface area contributed by atoms with Crippen LogP contribution in [0.25, 0.3) is 22.6 Å². The molecule has 0 aliphatic heterocycles. The standard InChI is InChI=1S/C20H20N2/c1-2-3-7-16-11-13-17(14-12-16)18-9-6-10-20(22-18)19-8-4-5-15-21-19/h4-6,8-15H,2-3,7H2,1H3. The molecule has 22 heavy (non-hydrogen) atoms. The van der Waals surface area contributed by atoms with Crippen LogP contribution in [-0.4, -0.2) is 9.97 Å². The zero-order valence-electron chi connectivity index (χ0n) is 12.9. The molecule has 3 aromatic rings. The molecule has 0 fully saturated rings. The lowest BCUT2D eigenvalue weighted by molar-refractivity contribution is 0.795. The zero-order valence-corrected chi connectivity index (χ0v) is 12.9. The van der Waals surface area contributed by atoms with Gasteiger partial charge < -0.3 is 0 Å². The quantitative estimate of drug-likeness (QED) is 0.648. The van der Waals surface area contributed by atoms with Crippen molar-refractivity contribution in [3.63, 3.8) is 0 Å². The summed E-state index contributed by atoms with van der Waals surface area (Å²) in [7, 11) is 0. The van der Waals surface area contributed by atoms with E-state index in [2.05, 4.69) is 36.2 Å². The third-order valence-corrected chi connectivity index (χ3v) is 3.75. The second-order valence-corrected chi connectivity index (χ2v) is 5.42. The number of unbranched alkanes of at least 4 members (excludes halogenated alkanes) is 1. The van der Waals surface area contributed by atoms with E-state index in [9.17, 15) is 0 Å². The van der Waals surface area contributed by atoms with E-state index in [0.29, 0.717) is 0 Å². The minimum atomic E-state index is 0.906. The molecule has 0 radical (unpaired) electrons. The molecule has 1 aromatic carbocycles. The summed E-state index contributed by atoms with van der Waals surface area (Å²) < 4.78 is 0. The fraction of sp³-hybridized carbons (Fsp3) is 0.200. The lowest BCUT2D eigenvalue weighted by atomic mass is 10.0. The van der Waals surface area contributed by atoms with Crippen LogP contribution in [0.3, 0.4) is 0 Å². The minimum absolute atomic E-state index is 0.906. The largest absolute Gasteiger partial charge is 0.255 e. The van der Waals surface area contributed by atoms with E-state index in [4.69, 9.17) is 4.98 Å². The summed E-state index contributed by atoms with van der Waals surface area (Å²) in [6, 6.07) is 20.7. The van der Waals surface area contributed by atoms with Gasteiger partial charge in [0.15, 0.2) is 0 Å². The van der Waals surface area contributed by atoms with E-state index in [0.717, 1.165) is 29.1 Å². The van der Waals surface area contributed by atoms with Crippen molar-refractivity contribution in [2.24, 2.45) is 0 Å². The predicted octanol–water partition coefficient (Wildman–Crippen LogP) is 5.15. The Bertz CT molecular complexity index is 718. The third kappa shape index (κ3) is 3.40. The van der Waals surface area contributed by atoms with Crippen LogP contribution in [0.2, 0.25) is 0 Å². The van der Waals surface area contributed by atoms with Gasteiger partial charge in [0.05, 0.1) is 17.1 Å². The van der Waals surface area contributed by atoms with Gasteiger partial charge in [0.25, 0.3) is 0 Å². The van der Waals surface area contributed by atoms with Crippen LogP contribution in [0.15, 0.2) is 66.9 Å². The Kier molecular flexibility index (Phi) is 4.59. The smallest absolute Gasteiger partial charge is 0.0893 e. The number of pyridine rings is 2. The normalized spacial score (nSPS) is 10.6. The van der Waals surface area contributed by atoms with Crippen molar-refractivity contribution in [2.45, 2.75) is 26.2 Å². The summed E-state index contributed by atoms with van der Waals surface area (Å²) in [5, 5.41) is 0. The van der Waals surface area contributed by atoms with Crippen LogP contribution in [-0.2, 0) is 6.42 Å². The molecular formula is C20H20N2. The SMILES string of the molecule is CCCCc1ccc(-c2cccc(-c3ccccn3)n2)cc1. The summed E-state index contributed by atoms with van der Waals surface area (Å²) in [6.45, 7) is 2.22. The molecule has 3 rings (SSSR count). The highest BCUT2D eigenvalue weighted by Crippen LogP contribution is 2.22. The number of rotatable bonds is 5. The van der Waals surface area contributed by atoms with Gasteiger partial charge in [-0.25, -0.2) is 4.98 Å². The fourth-order valence-electron chi connectivity index (χ4n) is 2.48. The third-order valence-electron chi connectivity index (χ3n) is 3.75. The van der Waals surface area contributed by atoms with Gasteiger partial charge in [-0.2, -0.15) is 0 Å². The molecule has 2 heteroatoms. The van der Waals surface area contributed by atoms with Crippen LogP contribution in [0.1, 0.15) is 25.3 Å². The number of hydrogen-bond acceptors (Lipinski definition) is 2. The second-order valence-electron chi connectivity index (χ2n) is 5.42. The number of hydrogen-bond donors (Lipinski definition) is 0. The highest BCUT2D eigenvalue weighted by molar-refractivity contribution is 5.64. The molecule has 110 valence electrons. The van der Waals surface area contributed by atoms with Crippen LogP contribution in [0.5, 0.6) is 0 Å². The predicted molar refractivity (Wildman–Crippen MR) is 91.5 cm³/mol. The molecule has 0 spiro atoms. The Morgan fingerprint density at radius 1 is 0.773 bits per heavy atom. The topological polar surface area (TPSA) is 25.8 Å². The van der Waals surface area contributed by atoms with Crippen molar-refractivity contribution in [1.29, 1.82) is 0 Å². The first-order valence-electron chi connectivity index (χ1n) is 7.84. The molecule has 0 aliphatic carbocycles. The van der Waals surface area contributed by atoms with Crippen molar-refractivity contribution in [1.82, 2.24) is 9.97 Å². The van der Waals surface area contributed by atoms with E-state index in [1.807, 2.05) is 36.4 Å². The maximum absolute atomic E-state index is 4.74. The highest BCUT2D eigenvalue weighted by Gasteiger charge is 2.04. The highest BCUT2D eigenvalue weighted by atomic mass is 14.8. The fourth-order valence-corrected chi connectivity index (χ4v) is 2.48. The van der Waals surface area contributed by atoms with Gasteiger partial charge in [-0.15, -0.1) is 0 Å². The molecule has 0 bridgehead atoms. The van der Waals surface area contributed by atoms with Crippen LogP contribution >= 0.6 is 0 Å². The molecule has 0 N–H and O–H groups in total. The minimum Gasteiger partial charge on any atom is -0.255 e. The van der Waals surface area contributed by atoms with Gasteiger partial charge in [-0.3, -0.25) is 4.98 Å². The Labute approximate surface area is 131 Å². The van der Waals surface area contributed by atoms with E-state index in [1.165, 1.54) is 18.4 Å². The van der Waals surface area contributed by atoms with E-state index >= 15 is 0 Å². The average Bonchev–Trinajstić information content (AvgIpc) is 2.61. The molecule has 0 saturated carbocycles. The van der Waals surface area contributed by atoms with E-state index < -0.39 is 0 Å². The lowest BCUT2D eigenvalue weighted by Gasteiger charge is -2.06. The van der Waals surface area contributed by atoms with Gasteiger partial charge in [0.1, 0.15) is 0 Å².